The van der Waals surface area contributed by atoms with Gasteiger partial charge in [-0.2, -0.15) is 0 Å². The van der Waals surface area contributed by atoms with Gasteiger partial charge in [0.05, 0.1) is 21.3 Å². The standard InChI is InChI=1S/C16H24N2O4/c1-20-13-7-6-11(15(21-2)16(13)22-3)10-18-14(19)9-12-5-4-8-17-12/h6-7,12,17H,4-5,8-10H2,1-3H3,(H,18,19). The highest BCUT2D eigenvalue weighted by atomic mass is 16.5. The molecule has 1 aliphatic heterocycles. The topological polar surface area (TPSA) is 68.8 Å². The maximum Gasteiger partial charge on any atom is 0.221 e. The Bertz CT molecular complexity index is 513. The largest absolute Gasteiger partial charge is 0.493 e. The molecule has 1 aromatic rings. The second-order valence-electron chi connectivity index (χ2n) is 5.27. The lowest BCUT2D eigenvalue weighted by Crippen LogP contribution is -2.31. The minimum atomic E-state index is 0.0382. The van der Waals surface area contributed by atoms with E-state index in [1.54, 1.807) is 27.4 Å². The number of nitrogens with one attached hydrogen (secondary N) is 2. The SMILES string of the molecule is COc1ccc(CNC(=O)CC2CCCN2)c(OC)c1OC. The number of ether oxygens (including phenoxy) is 3. The lowest BCUT2D eigenvalue weighted by molar-refractivity contribution is -0.121. The summed E-state index contributed by atoms with van der Waals surface area (Å²) in [6, 6.07) is 3.97. The molecule has 122 valence electrons. The molecule has 0 aromatic heterocycles. The lowest BCUT2D eigenvalue weighted by atomic mass is 10.1. The average molecular weight is 308 g/mol. The molecule has 1 aromatic carbocycles. The molecule has 0 bridgehead atoms. The molecule has 0 aliphatic carbocycles. The summed E-state index contributed by atoms with van der Waals surface area (Å²) < 4.78 is 16.0. The van der Waals surface area contributed by atoms with E-state index in [9.17, 15) is 4.79 Å². The minimum Gasteiger partial charge on any atom is -0.493 e. The Morgan fingerprint density at radius 3 is 2.59 bits per heavy atom. The van der Waals surface area contributed by atoms with Crippen molar-refractivity contribution in [2.75, 3.05) is 27.9 Å². The van der Waals surface area contributed by atoms with Gasteiger partial charge in [-0.15, -0.1) is 0 Å². The quantitative estimate of drug-likeness (QED) is 0.798. The van der Waals surface area contributed by atoms with Gasteiger partial charge in [-0.25, -0.2) is 0 Å². The third kappa shape index (κ3) is 3.82. The summed E-state index contributed by atoms with van der Waals surface area (Å²) >= 11 is 0. The Labute approximate surface area is 131 Å². The van der Waals surface area contributed by atoms with Gasteiger partial charge in [0.1, 0.15) is 0 Å². The maximum absolute atomic E-state index is 12.0. The summed E-state index contributed by atoms with van der Waals surface area (Å²) in [7, 11) is 4.72. The number of hydrogen-bond acceptors (Lipinski definition) is 5. The molecular weight excluding hydrogens is 284 g/mol. The van der Waals surface area contributed by atoms with Gasteiger partial charge in [0.15, 0.2) is 11.5 Å². The molecule has 1 fully saturated rings. The van der Waals surface area contributed by atoms with Crippen LogP contribution in [0.1, 0.15) is 24.8 Å². The molecule has 1 atom stereocenters. The fourth-order valence-corrected chi connectivity index (χ4v) is 2.72. The van der Waals surface area contributed by atoms with Crippen LogP contribution in [-0.2, 0) is 11.3 Å². The molecule has 0 spiro atoms. The van der Waals surface area contributed by atoms with Crippen LogP contribution in [0.2, 0.25) is 0 Å². The number of benzene rings is 1. The first-order chi connectivity index (χ1) is 10.7. The number of hydrogen-bond donors (Lipinski definition) is 2. The Morgan fingerprint density at radius 1 is 1.23 bits per heavy atom. The van der Waals surface area contributed by atoms with Crippen molar-refractivity contribution >= 4 is 5.91 Å². The molecular formula is C16H24N2O4. The van der Waals surface area contributed by atoms with Crippen molar-refractivity contribution in [3.05, 3.63) is 17.7 Å². The molecule has 2 rings (SSSR count). The Balaban J connectivity index is 2.01. The predicted molar refractivity (Wildman–Crippen MR) is 83.6 cm³/mol. The van der Waals surface area contributed by atoms with Gasteiger partial charge in [-0.05, 0) is 31.5 Å². The van der Waals surface area contributed by atoms with Crippen molar-refractivity contribution < 1.29 is 19.0 Å². The molecule has 1 aliphatic rings. The molecule has 1 unspecified atom stereocenters. The Hall–Kier alpha value is -1.95. The number of methoxy groups -OCH3 is 3. The molecule has 22 heavy (non-hydrogen) atoms. The number of carbonyl (C=O) groups is 1. The van der Waals surface area contributed by atoms with Gasteiger partial charge in [-0.1, -0.05) is 0 Å². The number of rotatable bonds is 7. The zero-order valence-corrected chi connectivity index (χ0v) is 13.4. The van der Waals surface area contributed by atoms with E-state index in [0.29, 0.717) is 36.3 Å². The number of amides is 1. The van der Waals surface area contributed by atoms with Crippen LogP contribution in [0.3, 0.4) is 0 Å². The van der Waals surface area contributed by atoms with Crippen LogP contribution >= 0.6 is 0 Å². The molecule has 6 heteroatoms. The van der Waals surface area contributed by atoms with E-state index in [-0.39, 0.29) is 5.91 Å². The van der Waals surface area contributed by atoms with E-state index < -0.39 is 0 Å². The summed E-state index contributed by atoms with van der Waals surface area (Å²) in [4.78, 5) is 12.0. The minimum absolute atomic E-state index is 0.0382. The highest BCUT2D eigenvalue weighted by Crippen LogP contribution is 2.39. The average Bonchev–Trinajstić information content (AvgIpc) is 3.04. The first-order valence-electron chi connectivity index (χ1n) is 7.47. The normalized spacial score (nSPS) is 17.1. The summed E-state index contributed by atoms with van der Waals surface area (Å²) in [5.41, 5.74) is 0.855. The van der Waals surface area contributed by atoms with E-state index in [0.717, 1.165) is 24.9 Å². The predicted octanol–water partition coefficient (Wildman–Crippen LogP) is 1.47. The van der Waals surface area contributed by atoms with E-state index >= 15 is 0 Å². The van der Waals surface area contributed by atoms with Crippen LogP contribution in [0.25, 0.3) is 0 Å². The molecule has 1 saturated heterocycles. The van der Waals surface area contributed by atoms with Crippen LogP contribution in [0.5, 0.6) is 17.2 Å². The van der Waals surface area contributed by atoms with Crippen LogP contribution in [-0.4, -0.2) is 39.8 Å². The van der Waals surface area contributed by atoms with Crippen molar-refractivity contribution in [1.29, 1.82) is 0 Å². The van der Waals surface area contributed by atoms with E-state index in [2.05, 4.69) is 10.6 Å². The first kappa shape index (κ1) is 16.4. The van der Waals surface area contributed by atoms with E-state index in [1.165, 1.54) is 0 Å². The lowest BCUT2D eigenvalue weighted by Gasteiger charge is -2.16. The zero-order chi connectivity index (χ0) is 15.9. The smallest absolute Gasteiger partial charge is 0.221 e. The monoisotopic (exact) mass is 308 g/mol. The van der Waals surface area contributed by atoms with Crippen molar-refractivity contribution in [2.45, 2.75) is 31.8 Å². The summed E-state index contributed by atoms with van der Waals surface area (Å²) in [5, 5.41) is 6.25. The second-order valence-corrected chi connectivity index (χ2v) is 5.27. The molecule has 0 saturated carbocycles. The van der Waals surface area contributed by atoms with Gasteiger partial charge in [0.2, 0.25) is 11.7 Å². The van der Waals surface area contributed by atoms with Crippen LogP contribution in [0.15, 0.2) is 12.1 Å². The Morgan fingerprint density at radius 2 is 2.00 bits per heavy atom. The molecule has 1 amide bonds. The second kappa shape index (κ2) is 7.89. The molecule has 1 heterocycles. The van der Waals surface area contributed by atoms with Gasteiger partial charge in [0, 0.05) is 24.6 Å². The summed E-state index contributed by atoms with van der Waals surface area (Å²) in [6.45, 7) is 1.40. The molecule has 6 nitrogen and oxygen atoms in total. The van der Waals surface area contributed by atoms with Crippen molar-refractivity contribution in [3.63, 3.8) is 0 Å². The third-order valence-electron chi connectivity index (χ3n) is 3.86. The van der Waals surface area contributed by atoms with E-state index in [1.807, 2.05) is 6.07 Å². The first-order valence-corrected chi connectivity index (χ1v) is 7.47. The van der Waals surface area contributed by atoms with Gasteiger partial charge in [-0.3, -0.25) is 4.79 Å². The fraction of sp³-hybridized carbons (Fsp3) is 0.562. The molecule has 2 N–H and O–H groups in total. The fourth-order valence-electron chi connectivity index (χ4n) is 2.72. The number of carbonyl (C=O) groups excluding carboxylic acids is 1. The van der Waals surface area contributed by atoms with E-state index in [4.69, 9.17) is 14.2 Å². The summed E-state index contributed by atoms with van der Waals surface area (Å²) in [5.74, 6) is 1.76. The van der Waals surface area contributed by atoms with Crippen molar-refractivity contribution in [2.24, 2.45) is 0 Å². The van der Waals surface area contributed by atoms with Crippen LogP contribution in [0.4, 0.5) is 0 Å². The van der Waals surface area contributed by atoms with Gasteiger partial charge < -0.3 is 24.8 Å². The third-order valence-corrected chi connectivity index (χ3v) is 3.86. The highest BCUT2D eigenvalue weighted by molar-refractivity contribution is 5.76. The van der Waals surface area contributed by atoms with Gasteiger partial charge >= 0.3 is 0 Å². The zero-order valence-electron chi connectivity index (χ0n) is 13.4. The van der Waals surface area contributed by atoms with Crippen molar-refractivity contribution in [1.82, 2.24) is 10.6 Å². The summed E-state index contributed by atoms with van der Waals surface area (Å²) in [6.07, 6.45) is 2.71. The van der Waals surface area contributed by atoms with Gasteiger partial charge in [0.25, 0.3) is 0 Å². The maximum atomic E-state index is 12.0. The highest BCUT2D eigenvalue weighted by Gasteiger charge is 2.19. The van der Waals surface area contributed by atoms with Crippen molar-refractivity contribution in [3.8, 4) is 17.2 Å². The Kier molecular flexibility index (Phi) is 5.89. The molecule has 0 radical (unpaired) electrons. The van der Waals surface area contributed by atoms with Crippen LogP contribution < -0.4 is 24.8 Å². The van der Waals surface area contributed by atoms with Crippen LogP contribution in [0, 0.1) is 0 Å².